The first-order valence-corrected chi connectivity index (χ1v) is 4.39. The molecule has 0 atom stereocenters. The molecule has 1 aromatic rings. The van der Waals surface area contributed by atoms with Crippen LogP contribution in [0.1, 0.15) is 22.8 Å². The van der Waals surface area contributed by atoms with Gasteiger partial charge in [-0.05, 0) is 6.42 Å². The zero-order chi connectivity index (χ0) is 10.0. The molecule has 0 aliphatic carbocycles. The topological polar surface area (TPSA) is 50.2 Å². The first-order valence-electron chi connectivity index (χ1n) is 3.64. The number of halogens is 2. The van der Waals surface area contributed by atoms with Gasteiger partial charge in [0.25, 0.3) is 0 Å². The summed E-state index contributed by atoms with van der Waals surface area (Å²) in [6.07, 6.45) is 1.74. The Labute approximate surface area is 85.3 Å². The molecule has 0 saturated heterocycles. The van der Waals surface area contributed by atoms with Gasteiger partial charge in [0.15, 0.2) is 0 Å². The summed E-state index contributed by atoms with van der Waals surface area (Å²) >= 11 is 11.4. The van der Waals surface area contributed by atoms with Gasteiger partial charge < -0.3 is 5.11 Å². The minimum absolute atomic E-state index is 0.0455. The summed E-state index contributed by atoms with van der Waals surface area (Å²) in [4.78, 5) is 14.5. The molecule has 0 bridgehead atoms. The number of nitrogens with zero attached hydrogens (tertiary/aromatic N) is 1. The lowest BCUT2D eigenvalue weighted by molar-refractivity contribution is 0.0696. The molecule has 0 saturated carbocycles. The lowest BCUT2D eigenvalue weighted by Gasteiger charge is -2.06. The van der Waals surface area contributed by atoms with Crippen LogP contribution in [0.25, 0.3) is 0 Å². The summed E-state index contributed by atoms with van der Waals surface area (Å²) < 4.78 is 0. The predicted octanol–water partition coefficient (Wildman–Crippen LogP) is 2.65. The maximum Gasteiger partial charge on any atom is 0.337 e. The van der Waals surface area contributed by atoms with Crippen LogP contribution in [-0.2, 0) is 6.42 Å². The quantitative estimate of drug-likeness (QED) is 0.779. The van der Waals surface area contributed by atoms with Gasteiger partial charge in [0.05, 0.1) is 10.6 Å². The zero-order valence-electron chi connectivity index (χ0n) is 6.84. The SMILES string of the molecule is CCc1c(Cl)ncc(Cl)c1C(=O)O. The molecule has 70 valence electrons. The smallest absolute Gasteiger partial charge is 0.337 e. The van der Waals surface area contributed by atoms with Gasteiger partial charge in [-0.2, -0.15) is 0 Å². The molecule has 1 rings (SSSR count). The van der Waals surface area contributed by atoms with Crippen molar-refractivity contribution in [3.8, 4) is 0 Å². The number of carbonyl (C=O) groups is 1. The Balaban J connectivity index is 3.43. The second kappa shape index (κ2) is 3.94. The van der Waals surface area contributed by atoms with Crippen molar-refractivity contribution in [3.05, 3.63) is 27.5 Å². The Hall–Kier alpha value is -0.800. The molecule has 0 unspecified atom stereocenters. The van der Waals surface area contributed by atoms with Crippen LogP contribution in [0.15, 0.2) is 6.20 Å². The Bertz CT molecular complexity index is 352. The molecule has 13 heavy (non-hydrogen) atoms. The molecule has 0 radical (unpaired) electrons. The average Bonchev–Trinajstić information content (AvgIpc) is 2.07. The monoisotopic (exact) mass is 219 g/mol. The largest absolute Gasteiger partial charge is 0.478 e. The van der Waals surface area contributed by atoms with E-state index in [1.807, 2.05) is 0 Å². The van der Waals surface area contributed by atoms with Crippen molar-refractivity contribution in [2.24, 2.45) is 0 Å². The van der Waals surface area contributed by atoms with Crippen LogP contribution < -0.4 is 0 Å². The number of rotatable bonds is 2. The van der Waals surface area contributed by atoms with E-state index in [-0.39, 0.29) is 15.7 Å². The second-order valence-electron chi connectivity index (χ2n) is 2.41. The van der Waals surface area contributed by atoms with Crippen LogP contribution in [0.4, 0.5) is 0 Å². The summed E-state index contributed by atoms with van der Waals surface area (Å²) in [6.45, 7) is 1.80. The number of pyridine rings is 1. The van der Waals surface area contributed by atoms with Crippen molar-refractivity contribution < 1.29 is 9.90 Å². The molecule has 1 N–H and O–H groups in total. The van der Waals surface area contributed by atoms with Crippen LogP contribution in [0.5, 0.6) is 0 Å². The molecule has 1 aromatic heterocycles. The number of carboxylic acid groups (broad SMARTS) is 1. The Morgan fingerprint density at radius 3 is 2.62 bits per heavy atom. The second-order valence-corrected chi connectivity index (χ2v) is 3.17. The lowest BCUT2D eigenvalue weighted by atomic mass is 10.1. The molecule has 0 fully saturated rings. The Morgan fingerprint density at radius 1 is 1.62 bits per heavy atom. The van der Waals surface area contributed by atoms with Gasteiger partial charge in [0.2, 0.25) is 0 Å². The van der Waals surface area contributed by atoms with Gasteiger partial charge in [0, 0.05) is 11.8 Å². The van der Waals surface area contributed by atoms with E-state index in [0.29, 0.717) is 12.0 Å². The lowest BCUT2D eigenvalue weighted by Crippen LogP contribution is -2.04. The molecular weight excluding hydrogens is 213 g/mol. The highest BCUT2D eigenvalue weighted by molar-refractivity contribution is 6.35. The molecule has 5 heteroatoms. The third-order valence-corrected chi connectivity index (χ3v) is 2.26. The van der Waals surface area contributed by atoms with Gasteiger partial charge in [0.1, 0.15) is 5.15 Å². The minimum atomic E-state index is -1.08. The number of carboxylic acids is 1. The number of hydrogen-bond acceptors (Lipinski definition) is 2. The van der Waals surface area contributed by atoms with Crippen molar-refractivity contribution >= 4 is 29.2 Å². The summed E-state index contributed by atoms with van der Waals surface area (Å²) in [6, 6.07) is 0. The van der Waals surface area contributed by atoms with Crippen LogP contribution in [0.2, 0.25) is 10.2 Å². The maximum atomic E-state index is 10.8. The van der Waals surface area contributed by atoms with E-state index in [1.165, 1.54) is 6.20 Å². The van der Waals surface area contributed by atoms with Crippen LogP contribution in [-0.4, -0.2) is 16.1 Å². The third kappa shape index (κ3) is 1.92. The zero-order valence-corrected chi connectivity index (χ0v) is 8.35. The minimum Gasteiger partial charge on any atom is -0.478 e. The van der Waals surface area contributed by atoms with Gasteiger partial charge in [-0.25, -0.2) is 9.78 Å². The summed E-state index contributed by atoms with van der Waals surface area (Å²) in [5.41, 5.74) is 0.519. The molecule has 0 spiro atoms. The molecular formula is C8H7Cl2NO2. The van der Waals surface area contributed by atoms with E-state index in [4.69, 9.17) is 28.3 Å². The molecule has 0 aliphatic heterocycles. The van der Waals surface area contributed by atoms with Crippen LogP contribution in [0, 0.1) is 0 Å². The Kier molecular flexibility index (Phi) is 3.12. The first kappa shape index (κ1) is 10.3. The normalized spacial score (nSPS) is 10.1. The van der Waals surface area contributed by atoms with Gasteiger partial charge in [-0.3, -0.25) is 0 Å². The van der Waals surface area contributed by atoms with Crippen LogP contribution >= 0.6 is 23.2 Å². The fourth-order valence-corrected chi connectivity index (χ4v) is 1.58. The number of aromatic nitrogens is 1. The predicted molar refractivity (Wildman–Crippen MR) is 50.6 cm³/mol. The van der Waals surface area contributed by atoms with Crippen molar-refractivity contribution in [2.45, 2.75) is 13.3 Å². The standard InChI is InChI=1S/C8H7Cl2NO2/c1-2-4-6(8(12)13)5(9)3-11-7(4)10/h3H,2H2,1H3,(H,12,13). The van der Waals surface area contributed by atoms with E-state index in [2.05, 4.69) is 4.98 Å². The number of hydrogen-bond donors (Lipinski definition) is 1. The molecule has 1 heterocycles. The van der Waals surface area contributed by atoms with Crippen LogP contribution in [0.3, 0.4) is 0 Å². The van der Waals surface area contributed by atoms with Gasteiger partial charge in [-0.1, -0.05) is 30.1 Å². The van der Waals surface area contributed by atoms with E-state index >= 15 is 0 Å². The Morgan fingerprint density at radius 2 is 2.23 bits per heavy atom. The first-order chi connectivity index (χ1) is 6.07. The van der Waals surface area contributed by atoms with E-state index in [1.54, 1.807) is 6.92 Å². The van der Waals surface area contributed by atoms with Gasteiger partial charge >= 0.3 is 5.97 Å². The fourth-order valence-electron chi connectivity index (χ4n) is 1.06. The van der Waals surface area contributed by atoms with Crippen molar-refractivity contribution in [1.82, 2.24) is 4.98 Å². The fraction of sp³-hybridized carbons (Fsp3) is 0.250. The highest BCUT2D eigenvalue weighted by Crippen LogP contribution is 2.24. The third-order valence-electron chi connectivity index (χ3n) is 1.65. The summed E-state index contributed by atoms with van der Waals surface area (Å²) in [5.74, 6) is -1.08. The van der Waals surface area contributed by atoms with E-state index < -0.39 is 5.97 Å². The molecule has 3 nitrogen and oxygen atoms in total. The summed E-state index contributed by atoms with van der Waals surface area (Å²) in [5, 5.41) is 9.15. The van der Waals surface area contributed by atoms with E-state index in [0.717, 1.165) is 0 Å². The highest BCUT2D eigenvalue weighted by Gasteiger charge is 2.16. The molecule has 0 aliphatic rings. The molecule has 0 aromatic carbocycles. The van der Waals surface area contributed by atoms with E-state index in [9.17, 15) is 4.79 Å². The molecule has 0 amide bonds. The van der Waals surface area contributed by atoms with Gasteiger partial charge in [-0.15, -0.1) is 0 Å². The summed E-state index contributed by atoms with van der Waals surface area (Å²) in [7, 11) is 0. The highest BCUT2D eigenvalue weighted by atomic mass is 35.5. The number of aromatic carboxylic acids is 1. The van der Waals surface area contributed by atoms with Crippen molar-refractivity contribution in [2.75, 3.05) is 0 Å². The van der Waals surface area contributed by atoms with Crippen molar-refractivity contribution in [3.63, 3.8) is 0 Å². The van der Waals surface area contributed by atoms with Crippen molar-refractivity contribution in [1.29, 1.82) is 0 Å². The maximum absolute atomic E-state index is 10.8. The average molecular weight is 220 g/mol.